The van der Waals surface area contributed by atoms with Crippen LogP contribution in [0.25, 0.3) is 10.4 Å². The summed E-state index contributed by atoms with van der Waals surface area (Å²) in [7, 11) is 0. The van der Waals surface area contributed by atoms with E-state index >= 15 is 0 Å². The summed E-state index contributed by atoms with van der Waals surface area (Å²) >= 11 is 1.59. The zero-order chi connectivity index (χ0) is 12.7. The first kappa shape index (κ1) is 11.8. The standard InChI is InChI=1S/C14H13F2NS/c1-8-4-9-5-13(18-14(9)7-17-8)11-3-2-10(15)6-12(11)16/h2-3,5-6,8,17H,4,7H2,1H3. The van der Waals surface area contributed by atoms with Gasteiger partial charge in [-0.05, 0) is 37.1 Å². The molecule has 0 amide bonds. The maximum absolute atomic E-state index is 13.7. The lowest BCUT2D eigenvalue weighted by Crippen LogP contribution is -2.31. The highest BCUT2D eigenvalue weighted by Gasteiger charge is 2.19. The first-order valence-electron chi connectivity index (χ1n) is 5.94. The number of rotatable bonds is 1. The van der Waals surface area contributed by atoms with Crippen LogP contribution < -0.4 is 5.32 Å². The van der Waals surface area contributed by atoms with Crippen molar-refractivity contribution >= 4 is 11.3 Å². The van der Waals surface area contributed by atoms with Crippen LogP contribution in [-0.2, 0) is 13.0 Å². The number of fused-ring (bicyclic) bond motifs is 1. The molecule has 2 aromatic rings. The van der Waals surface area contributed by atoms with Crippen LogP contribution in [0.5, 0.6) is 0 Å². The summed E-state index contributed by atoms with van der Waals surface area (Å²) in [5.41, 5.74) is 1.77. The molecule has 4 heteroatoms. The third-order valence-electron chi connectivity index (χ3n) is 3.23. The van der Waals surface area contributed by atoms with Crippen molar-refractivity contribution in [1.82, 2.24) is 5.32 Å². The van der Waals surface area contributed by atoms with E-state index in [1.54, 1.807) is 11.3 Å². The smallest absolute Gasteiger partial charge is 0.134 e. The third-order valence-corrected chi connectivity index (χ3v) is 4.44. The van der Waals surface area contributed by atoms with Crippen LogP contribution in [0.2, 0.25) is 0 Å². The number of halogens is 2. The molecule has 0 bridgehead atoms. The zero-order valence-corrected chi connectivity index (χ0v) is 10.8. The van der Waals surface area contributed by atoms with Gasteiger partial charge in [0, 0.05) is 34.0 Å². The van der Waals surface area contributed by atoms with Gasteiger partial charge in [-0.2, -0.15) is 0 Å². The Bertz CT molecular complexity index is 591. The van der Waals surface area contributed by atoms with Crippen molar-refractivity contribution in [2.75, 3.05) is 0 Å². The first-order chi connectivity index (χ1) is 8.63. The topological polar surface area (TPSA) is 12.0 Å². The summed E-state index contributed by atoms with van der Waals surface area (Å²) in [5, 5.41) is 3.38. The van der Waals surface area contributed by atoms with E-state index in [0.717, 1.165) is 23.9 Å². The fourth-order valence-corrected chi connectivity index (χ4v) is 3.45. The fraction of sp³-hybridized carbons (Fsp3) is 0.286. The molecule has 94 valence electrons. The van der Waals surface area contributed by atoms with E-state index in [1.807, 2.05) is 6.07 Å². The Morgan fingerprint density at radius 3 is 2.89 bits per heavy atom. The Labute approximate surface area is 108 Å². The number of nitrogens with one attached hydrogen (secondary N) is 1. The maximum atomic E-state index is 13.7. The monoisotopic (exact) mass is 265 g/mol. The van der Waals surface area contributed by atoms with Gasteiger partial charge in [0.1, 0.15) is 11.6 Å². The molecule has 1 nitrogen and oxygen atoms in total. The molecule has 0 fully saturated rings. The molecule has 0 spiro atoms. The van der Waals surface area contributed by atoms with Gasteiger partial charge in [-0.25, -0.2) is 8.78 Å². The molecule has 1 aromatic carbocycles. The van der Waals surface area contributed by atoms with Gasteiger partial charge in [0.2, 0.25) is 0 Å². The molecule has 1 aromatic heterocycles. The normalized spacial score (nSPS) is 18.7. The Hall–Kier alpha value is -1.26. The lowest BCUT2D eigenvalue weighted by Gasteiger charge is -2.19. The van der Waals surface area contributed by atoms with Crippen LogP contribution in [-0.4, -0.2) is 6.04 Å². The van der Waals surface area contributed by atoms with Crippen LogP contribution >= 0.6 is 11.3 Å². The average Bonchev–Trinajstić information content (AvgIpc) is 2.71. The lowest BCUT2D eigenvalue weighted by atomic mass is 10.0. The van der Waals surface area contributed by atoms with Crippen LogP contribution in [0, 0.1) is 11.6 Å². The Kier molecular flexibility index (Phi) is 2.92. The van der Waals surface area contributed by atoms with Crippen LogP contribution in [0.1, 0.15) is 17.4 Å². The molecule has 0 radical (unpaired) electrons. The highest BCUT2D eigenvalue weighted by atomic mass is 32.1. The molecule has 0 saturated heterocycles. The van der Waals surface area contributed by atoms with Gasteiger partial charge < -0.3 is 5.32 Å². The molecule has 0 saturated carbocycles. The second kappa shape index (κ2) is 4.44. The third kappa shape index (κ3) is 2.06. The predicted octanol–water partition coefficient (Wildman–Crippen LogP) is 3.73. The van der Waals surface area contributed by atoms with E-state index in [-0.39, 0.29) is 0 Å². The lowest BCUT2D eigenvalue weighted by molar-refractivity contribution is 0.520. The van der Waals surface area contributed by atoms with Gasteiger partial charge in [-0.15, -0.1) is 11.3 Å². The van der Waals surface area contributed by atoms with Crippen molar-refractivity contribution in [3.8, 4) is 10.4 Å². The van der Waals surface area contributed by atoms with E-state index in [1.165, 1.54) is 22.6 Å². The summed E-state index contributed by atoms with van der Waals surface area (Å²) in [6, 6.07) is 6.25. The van der Waals surface area contributed by atoms with Crippen molar-refractivity contribution in [3.63, 3.8) is 0 Å². The summed E-state index contributed by atoms with van der Waals surface area (Å²) in [5.74, 6) is -1.03. The van der Waals surface area contributed by atoms with Crippen LogP contribution in [0.3, 0.4) is 0 Å². The first-order valence-corrected chi connectivity index (χ1v) is 6.75. The van der Waals surface area contributed by atoms with Gasteiger partial charge in [-0.1, -0.05) is 0 Å². The molecule has 3 rings (SSSR count). The molecule has 1 aliphatic heterocycles. The Balaban J connectivity index is 2.02. The van der Waals surface area contributed by atoms with Crippen molar-refractivity contribution in [2.45, 2.75) is 25.9 Å². The molecule has 1 N–H and O–H groups in total. The largest absolute Gasteiger partial charge is 0.309 e. The number of hydrogen-bond donors (Lipinski definition) is 1. The minimum absolute atomic E-state index is 0.456. The molecule has 1 unspecified atom stereocenters. The van der Waals surface area contributed by atoms with E-state index in [9.17, 15) is 8.78 Å². The van der Waals surface area contributed by atoms with Crippen LogP contribution in [0.4, 0.5) is 8.78 Å². The fourth-order valence-electron chi connectivity index (χ4n) is 2.28. The number of hydrogen-bond acceptors (Lipinski definition) is 2. The summed E-state index contributed by atoms with van der Waals surface area (Å²) in [6.07, 6.45) is 0.967. The molecule has 0 aliphatic carbocycles. The van der Waals surface area contributed by atoms with E-state index < -0.39 is 11.6 Å². The number of benzene rings is 1. The second-order valence-electron chi connectivity index (χ2n) is 4.67. The van der Waals surface area contributed by atoms with Gasteiger partial charge in [-0.3, -0.25) is 0 Å². The summed E-state index contributed by atoms with van der Waals surface area (Å²) in [4.78, 5) is 2.14. The maximum Gasteiger partial charge on any atom is 0.134 e. The minimum Gasteiger partial charge on any atom is -0.309 e. The highest BCUT2D eigenvalue weighted by Crippen LogP contribution is 2.35. The van der Waals surface area contributed by atoms with Gasteiger partial charge in [0.25, 0.3) is 0 Å². The van der Waals surface area contributed by atoms with E-state index in [0.29, 0.717) is 11.6 Å². The molecular weight excluding hydrogens is 252 g/mol. The molecule has 1 atom stereocenters. The Morgan fingerprint density at radius 2 is 2.11 bits per heavy atom. The van der Waals surface area contributed by atoms with Crippen LogP contribution in [0.15, 0.2) is 24.3 Å². The summed E-state index contributed by atoms with van der Waals surface area (Å²) in [6.45, 7) is 2.97. The Morgan fingerprint density at radius 1 is 1.28 bits per heavy atom. The SMILES string of the molecule is CC1Cc2cc(-c3ccc(F)cc3F)sc2CN1. The van der Waals surface area contributed by atoms with E-state index in [4.69, 9.17) is 0 Å². The van der Waals surface area contributed by atoms with Crippen molar-refractivity contribution in [1.29, 1.82) is 0 Å². The highest BCUT2D eigenvalue weighted by molar-refractivity contribution is 7.15. The van der Waals surface area contributed by atoms with Gasteiger partial charge in [0.05, 0.1) is 0 Å². The second-order valence-corrected chi connectivity index (χ2v) is 5.81. The molecular formula is C14H13F2NS. The predicted molar refractivity (Wildman–Crippen MR) is 69.7 cm³/mol. The van der Waals surface area contributed by atoms with Crippen molar-refractivity contribution in [2.24, 2.45) is 0 Å². The molecule has 2 heterocycles. The van der Waals surface area contributed by atoms with Gasteiger partial charge in [0.15, 0.2) is 0 Å². The van der Waals surface area contributed by atoms with Gasteiger partial charge >= 0.3 is 0 Å². The minimum atomic E-state index is -0.534. The summed E-state index contributed by atoms with van der Waals surface area (Å²) < 4.78 is 26.6. The number of thiophene rings is 1. The van der Waals surface area contributed by atoms with Crippen molar-refractivity contribution < 1.29 is 8.78 Å². The average molecular weight is 265 g/mol. The van der Waals surface area contributed by atoms with Crippen molar-refractivity contribution in [3.05, 3.63) is 46.3 Å². The molecule has 1 aliphatic rings. The zero-order valence-electron chi connectivity index (χ0n) is 9.97. The quantitative estimate of drug-likeness (QED) is 0.828. The molecule has 18 heavy (non-hydrogen) atoms. The van der Waals surface area contributed by atoms with E-state index in [2.05, 4.69) is 12.2 Å².